The zero-order valence-corrected chi connectivity index (χ0v) is 12.9. The molecule has 1 fully saturated rings. The van der Waals surface area contributed by atoms with Crippen LogP contribution in [0.5, 0.6) is 0 Å². The average molecular weight is 299 g/mol. The van der Waals surface area contributed by atoms with Gasteiger partial charge in [-0.15, -0.1) is 0 Å². The first kappa shape index (κ1) is 15.7. The summed E-state index contributed by atoms with van der Waals surface area (Å²) in [4.78, 5) is 2.35. The van der Waals surface area contributed by atoms with Crippen molar-refractivity contribution in [2.75, 3.05) is 26.2 Å². The van der Waals surface area contributed by atoms with Gasteiger partial charge in [-0.1, -0.05) is 24.6 Å². The average Bonchev–Trinajstić information content (AvgIpc) is 2.44. The summed E-state index contributed by atoms with van der Waals surface area (Å²) in [6.45, 7) is 7.02. The molecule has 1 aliphatic rings. The van der Waals surface area contributed by atoms with Crippen molar-refractivity contribution >= 4 is 11.6 Å². The first-order valence-electron chi connectivity index (χ1n) is 7.56. The maximum absolute atomic E-state index is 13.9. The monoisotopic (exact) mass is 298 g/mol. The first-order chi connectivity index (χ1) is 9.70. The Hall–Kier alpha value is -0.640. The summed E-state index contributed by atoms with van der Waals surface area (Å²) in [7, 11) is 0. The number of nitrogens with one attached hydrogen (secondary N) is 1. The van der Waals surface area contributed by atoms with Gasteiger partial charge in [-0.05, 0) is 56.9 Å². The highest BCUT2D eigenvalue weighted by atomic mass is 35.5. The van der Waals surface area contributed by atoms with Crippen molar-refractivity contribution in [2.24, 2.45) is 5.92 Å². The van der Waals surface area contributed by atoms with Gasteiger partial charge in [0.05, 0.1) is 0 Å². The zero-order chi connectivity index (χ0) is 14.4. The molecule has 0 unspecified atom stereocenters. The smallest absolute Gasteiger partial charge is 0.129 e. The van der Waals surface area contributed by atoms with Crippen molar-refractivity contribution in [1.82, 2.24) is 10.2 Å². The fourth-order valence-corrected chi connectivity index (χ4v) is 3.11. The highest BCUT2D eigenvalue weighted by Crippen LogP contribution is 2.22. The molecule has 1 saturated heterocycles. The maximum Gasteiger partial charge on any atom is 0.129 e. The zero-order valence-electron chi connectivity index (χ0n) is 12.2. The van der Waals surface area contributed by atoms with Gasteiger partial charge >= 0.3 is 0 Å². The van der Waals surface area contributed by atoms with Gasteiger partial charge in [0.1, 0.15) is 5.82 Å². The Morgan fingerprint density at radius 3 is 2.75 bits per heavy atom. The molecule has 112 valence electrons. The van der Waals surface area contributed by atoms with Gasteiger partial charge in [-0.2, -0.15) is 0 Å². The summed E-state index contributed by atoms with van der Waals surface area (Å²) in [6.07, 6.45) is 3.51. The third kappa shape index (κ3) is 4.44. The third-order valence-electron chi connectivity index (χ3n) is 3.96. The lowest BCUT2D eigenvalue weighted by molar-refractivity contribution is 0.197. The molecule has 1 aromatic carbocycles. The Morgan fingerprint density at radius 2 is 2.10 bits per heavy atom. The topological polar surface area (TPSA) is 15.3 Å². The van der Waals surface area contributed by atoms with Gasteiger partial charge in [0.15, 0.2) is 0 Å². The normalized spacial score (nSPS) is 16.8. The molecule has 0 bridgehead atoms. The van der Waals surface area contributed by atoms with Gasteiger partial charge in [0, 0.05) is 23.7 Å². The van der Waals surface area contributed by atoms with Crippen molar-refractivity contribution in [1.29, 1.82) is 0 Å². The van der Waals surface area contributed by atoms with Crippen molar-refractivity contribution in [3.05, 3.63) is 34.6 Å². The highest BCUT2D eigenvalue weighted by Gasteiger charge is 2.18. The lowest BCUT2D eigenvalue weighted by Crippen LogP contribution is -2.36. The van der Waals surface area contributed by atoms with Crippen LogP contribution in [0.2, 0.25) is 5.02 Å². The third-order valence-corrected chi connectivity index (χ3v) is 4.31. The van der Waals surface area contributed by atoms with Crippen LogP contribution in [0.4, 0.5) is 4.39 Å². The second-order valence-electron chi connectivity index (χ2n) is 5.63. The molecule has 1 aromatic rings. The molecule has 2 rings (SSSR count). The SMILES string of the molecule is CCCN(Cc1c(F)cccc1Cl)CC1CCNCC1. The van der Waals surface area contributed by atoms with Gasteiger partial charge in [0.25, 0.3) is 0 Å². The van der Waals surface area contributed by atoms with Crippen LogP contribution in [-0.4, -0.2) is 31.1 Å². The fourth-order valence-electron chi connectivity index (χ4n) is 2.89. The van der Waals surface area contributed by atoms with E-state index in [1.807, 2.05) is 0 Å². The van der Waals surface area contributed by atoms with Crippen LogP contribution in [0, 0.1) is 11.7 Å². The Morgan fingerprint density at radius 1 is 1.35 bits per heavy atom. The molecule has 4 heteroatoms. The molecule has 0 spiro atoms. The standard InChI is InChI=1S/C16H24ClFN2/c1-2-10-20(11-13-6-8-19-9-7-13)12-14-15(17)4-3-5-16(14)18/h3-5,13,19H,2,6-12H2,1H3. The van der Waals surface area contributed by atoms with Gasteiger partial charge in [0.2, 0.25) is 0 Å². The molecule has 0 radical (unpaired) electrons. The molecule has 0 saturated carbocycles. The summed E-state index contributed by atoms with van der Waals surface area (Å²) in [5, 5.41) is 3.93. The lowest BCUT2D eigenvalue weighted by Gasteiger charge is -2.30. The molecule has 0 aliphatic carbocycles. The molecule has 1 aliphatic heterocycles. The van der Waals surface area contributed by atoms with Crippen LogP contribution in [0.1, 0.15) is 31.7 Å². The van der Waals surface area contributed by atoms with E-state index in [9.17, 15) is 4.39 Å². The van der Waals surface area contributed by atoms with Crippen molar-refractivity contribution < 1.29 is 4.39 Å². The molecule has 2 nitrogen and oxygen atoms in total. The number of hydrogen-bond acceptors (Lipinski definition) is 2. The number of rotatable bonds is 6. The summed E-state index contributed by atoms with van der Waals surface area (Å²) in [5.41, 5.74) is 0.636. The Balaban J connectivity index is 2.00. The van der Waals surface area contributed by atoms with E-state index in [0.29, 0.717) is 23.0 Å². The van der Waals surface area contributed by atoms with Crippen molar-refractivity contribution in [3.8, 4) is 0 Å². The van der Waals surface area contributed by atoms with Crippen LogP contribution >= 0.6 is 11.6 Å². The molecule has 20 heavy (non-hydrogen) atoms. The maximum atomic E-state index is 13.9. The van der Waals surface area contributed by atoms with Crippen LogP contribution in [0.25, 0.3) is 0 Å². The molecule has 1 N–H and O–H groups in total. The molecule has 0 aromatic heterocycles. The molecule has 0 amide bonds. The number of nitrogens with zero attached hydrogens (tertiary/aromatic N) is 1. The van der Waals surface area contributed by atoms with E-state index >= 15 is 0 Å². The minimum atomic E-state index is -0.191. The van der Waals surface area contributed by atoms with Crippen LogP contribution < -0.4 is 5.32 Å². The lowest BCUT2D eigenvalue weighted by atomic mass is 9.97. The van der Waals surface area contributed by atoms with Gasteiger partial charge < -0.3 is 5.32 Å². The van der Waals surface area contributed by atoms with Crippen molar-refractivity contribution in [3.63, 3.8) is 0 Å². The largest absolute Gasteiger partial charge is 0.317 e. The number of halogens is 2. The predicted octanol–water partition coefficient (Wildman–Crippen LogP) is 3.69. The molecule has 0 atom stereocenters. The first-order valence-corrected chi connectivity index (χ1v) is 7.94. The molecular formula is C16H24ClFN2. The number of hydrogen-bond donors (Lipinski definition) is 1. The van der Waals surface area contributed by atoms with E-state index in [2.05, 4.69) is 17.1 Å². The van der Waals surface area contributed by atoms with Crippen LogP contribution in [0.3, 0.4) is 0 Å². The van der Waals surface area contributed by atoms with E-state index < -0.39 is 0 Å². The van der Waals surface area contributed by atoms with E-state index in [4.69, 9.17) is 11.6 Å². The minimum Gasteiger partial charge on any atom is -0.317 e. The fraction of sp³-hybridized carbons (Fsp3) is 0.625. The van der Waals surface area contributed by atoms with E-state index in [0.717, 1.165) is 32.6 Å². The van der Waals surface area contributed by atoms with E-state index in [1.54, 1.807) is 12.1 Å². The van der Waals surface area contributed by atoms with E-state index in [-0.39, 0.29) is 5.82 Å². The minimum absolute atomic E-state index is 0.191. The summed E-state index contributed by atoms with van der Waals surface area (Å²) in [5.74, 6) is 0.525. The van der Waals surface area contributed by atoms with Gasteiger partial charge in [-0.3, -0.25) is 4.90 Å². The Labute approximate surface area is 126 Å². The quantitative estimate of drug-likeness (QED) is 0.861. The van der Waals surface area contributed by atoms with Gasteiger partial charge in [-0.25, -0.2) is 4.39 Å². The summed E-state index contributed by atoms with van der Waals surface area (Å²) >= 11 is 6.14. The Kier molecular flexibility index (Phi) is 6.27. The molecule has 1 heterocycles. The second-order valence-corrected chi connectivity index (χ2v) is 6.04. The number of benzene rings is 1. The Bertz CT molecular complexity index is 399. The predicted molar refractivity (Wildman–Crippen MR) is 82.6 cm³/mol. The number of piperidine rings is 1. The summed E-state index contributed by atoms with van der Waals surface area (Å²) < 4.78 is 13.9. The van der Waals surface area contributed by atoms with Crippen LogP contribution in [0.15, 0.2) is 18.2 Å². The van der Waals surface area contributed by atoms with Crippen LogP contribution in [-0.2, 0) is 6.54 Å². The second kappa shape index (κ2) is 7.96. The summed E-state index contributed by atoms with van der Waals surface area (Å²) in [6, 6.07) is 4.93. The molecular weight excluding hydrogens is 275 g/mol. The van der Waals surface area contributed by atoms with Crippen molar-refractivity contribution in [2.45, 2.75) is 32.7 Å². The van der Waals surface area contributed by atoms with E-state index in [1.165, 1.54) is 18.9 Å². The highest BCUT2D eigenvalue weighted by molar-refractivity contribution is 6.31.